The van der Waals surface area contributed by atoms with Gasteiger partial charge in [-0.1, -0.05) is 66.2 Å². The van der Waals surface area contributed by atoms with Crippen LogP contribution in [0.5, 0.6) is 11.6 Å². The Hall–Kier alpha value is -5.30. The van der Waals surface area contributed by atoms with Crippen LogP contribution in [0.25, 0.3) is 66.4 Å². The van der Waals surface area contributed by atoms with Gasteiger partial charge >= 0.3 is 29.6 Å². The molecular formula is C36H25Cl2N8NaO3. The number of H-pyrrole nitrogens is 4. The molecule has 14 heteroatoms. The van der Waals surface area contributed by atoms with Gasteiger partial charge in [-0.3, -0.25) is 9.59 Å². The van der Waals surface area contributed by atoms with Gasteiger partial charge in [0.05, 0.1) is 45.8 Å². The third-order valence-corrected chi connectivity index (χ3v) is 8.00. The number of halogens is 2. The summed E-state index contributed by atoms with van der Waals surface area (Å²) in [6.07, 6.45) is 2.77. The number of fused-ring (bicyclic) bond motifs is 4. The Labute approximate surface area is 317 Å². The molecule has 0 amide bonds. The summed E-state index contributed by atoms with van der Waals surface area (Å²) in [5, 5.41) is 3.43. The summed E-state index contributed by atoms with van der Waals surface area (Å²) in [6, 6.07) is 32.3. The Kier molecular flexibility index (Phi) is 10.1. The minimum absolute atomic E-state index is 0. The van der Waals surface area contributed by atoms with Crippen molar-refractivity contribution in [2.24, 2.45) is 0 Å². The number of benzene rings is 3. The fourth-order valence-corrected chi connectivity index (χ4v) is 5.69. The summed E-state index contributed by atoms with van der Waals surface area (Å²) in [4.78, 5) is 52.7. The number of ether oxygens (including phenoxy) is 1. The van der Waals surface area contributed by atoms with Crippen molar-refractivity contribution in [2.75, 3.05) is 0 Å². The van der Waals surface area contributed by atoms with Crippen molar-refractivity contribution in [3.63, 3.8) is 0 Å². The molecule has 0 aliphatic heterocycles. The molecular weight excluding hydrogens is 686 g/mol. The number of hydrogen-bond donors (Lipinski definition) is 4. The predicted molar refractivity (Wildman–Crippen MR) is 195 cm³/mol. The largest absolute Gasteiger partial charge is 1.00 e. The number of pyridine rings is 2. The van der Waals surface area contributed by atoms with Gasteiger partial charge in [0.1, 0.15) is 22.2 Å². The number of nitrogens with zero attached hydrogens (tertiary/aromatic N) is 4. The monoisotopic (exact) mass is 710 g/mol. The van der Waals surface area contributed by atoms with Gasteiger partial charge in [-0.05, 0) is 42.5 Å². The molecule has 0 bridgehead atoms. The molecule has 0 aliphatic carbocycles. The molecule has 0 atom stereocenters. The molecule has 0 fully saturated rings. The van der Waals surface area contributed by atoms with Crippen LogP contribution in [-0.4, -0.2) is 39.9 Å². The Morgan fingerprint density at radius 3 is 1.72 bits per heavy atom. The maximum Gasteiger partial charge on any atom is 1.00 e. The van der Waals surface area contributed by atoms with E-state index >= 15 is 0 Å². The molecule has 0 unspecified atom stereocenters. The molecule has 0 spiro atoms. The van der Waals surface area contributed by atoms with E-state index in [-0.39, 0.29) is 54.5 Å². The minimum atomic E-state index is -0.177. The summed E-state index contributed by atoms with van der Waals surface area (Å²) >= 11 is 5.99. The minimum Gasteiger partial charge on any atom is -1.00 e. The van der Waals surface area contributed by atoms with Crippen LogP contribution in [0.3, 0.4) is 0 Å². The molecule has 0 saturated carbocycles. The van der Waals surface area contributed by atoms with Gasteiger partial charge in [0.15, 0.2) is 0 Å². The fourth-order valence-electron chi connectivity index (χ4n) is 5.55. The fraction of sp³-hybridized carbons (Fsp3) is 0. The Morgan fingerprint density at radius 2 is 1.16 bits per heavy atom. The Bertz CT molecular complexity index is 2750. The summed E-state index contributed by atoms with van der Waals surface area (Å²) in [5.41, 5.74) is 5.64. The van der Waals surface area contributed by atoms with Crippen LogP contribution in [0.1, 0.15) is 1.43 Å². The number of aromatic amines is 4. The summed E-state index contributed by atoms with van der Waals surface area (Å²) in [5.74, 6) is 1.23. The summed E-state index contributed by atoms with van der Waals surface area (Å²) in [6.45, 7) is 0. The van der Waals surface area contributed by atoms with Crippen molar-refractivity contribution in [3.05, 3.63) is 142 Å². The number of para-hydroxylation sites is 3. The average molecular weight is 712 g/mol. The van der Waals surface area contributed by atoms with Gasteiger partial charge in [-0.15, -0.1) is 12.4 Å². The van der Waals surface area contributed by atoms with Gasteiger partial charge in [0.2, 0.25) is 5.88 Å². The second kappa shape index (κ2) is 14.7. The Morgan fingerprint density at radius 1 is 0.620 bits per heavy atom. The SMILES string of the molecule is Cl.O=c1[nH]cnc2[nH]c(-c3cccc4ccc(Cl)nc34)cc12.O=c1[nH]cnc2[nH]c(-c3cccc4ccc(Oc5ccccc5)nc34)cc12.[H-].[Na+]. The molecule has 4 N–H and O–H groups in total. The van der Waals surface area contributed by atoms with E-state index in [0.717, 1.165) is 50.1 Å². The van der Waals surface area contributed by atoms with Crippen LogP contribution >= 0.6 is 24.0 Å². The molecule has 11 nitrogen and oxygen atoms in total. The first-order valence-electron chi connectivity index (χ1n) is 14.8. The third kappa shape index (κ3) is 6.77. The van der Waals surface area contributed by atoms with Gasteiger partial charge in [0, 0.05) is 28.0 Å². The molecule has 242 valence electrons. The van der Waals surface area contributed by atoms with E-state index in [9.17, 15) is 9.59 Å². The topological polar surface area (TPSA) is 158 Å². The van der Waals surface area contributed by atoms with Crippen LogP contribution in [0, 0.1) is 0 Å². The van der Waals surface area contributed by atoms with Crippen molar-refractivity contribution in [2.45, 2.75) is 0 Å². The van der Waals surface area contributed by atoms with Crippen LogP contribution in [0.4, 0.5) is 0 Å². The van der Waals surface area contributed by atoms with Crippen LogP contribution in [-0.2, 0) is 0 Å². The maximum atomic E-state index is 12.0. The molecule has 0 radical (unpaired) electrons. The van der Waals surface area contributed by atoms with Crippen molar-refractivity contribution in [1.82, 2.24) is 39.9 Å². The average Bonchev–Trinajstić information content (AvgIpc) is 3.75. The van der Waals surface area contributed by atoms with Crippen molar-refractivity contribution in [3.8, 4) is 34.1 Å². The molecule has 9 rings (SSSR count). The zero-order valence-electron chi connectivity index (χ0n) is 27.3. The number of nitrogens with one attached hydrogen (secondary N) is 4. The Balaban J connectivity index is 0.000000192. The molecule has 6 heterocycles. The summed E-state index contributed by atoms with van der Waals surface area (Å²) < 4.78 is 5.87. The number of aromatic nitrogens is 8. The van der Waals surface area contributed by atoms with E-state index in [2.05, 4.69) is 34.9 Å². The van der Waals surface area contributed by atoms with E-state index in [0.29, 0.717) is 33.1 Å². The van der Waals surface area contributed by atoms with Gasteiger partial charge in [-0.2, -0.15) is 0 Å². The molecule has 6 aromatic heterocycles. The van der Waals surface area contributed by atoms with E-state index in [1.165, 1.54) is 12.7 Å². The quantitative estimate of drug-likeness (QED) is 0.149. The van der Waals surface area contributed by atoms with Gasteiger partial charge in [0.25, 0.3) is 11.1 Å². The second-order valence-corrected chi connectivity index (χ2v) is 11.2. The van der Waals surface area contributed by atoms with E-state index in [1.54, 1.807) is 18.2 Å². The zero-order valence-corrected chi connectivity index (χ0v) is 29.8. The molecule has 9 aromatic rings. The zero-order chi connectivity index (χ0) is 32.6. The van der Waals surface area contributed by atoms with Crippen LogP contribution in [0.15, 0.2) is 125 Å². The van der Waals surface area contributed by atoms with Gasteiger partial charge < -0.3 is 26.1 Å². The second-order valence-electron chi connectivity index (χ2n) is 10.8. The van der Waals surface area contributed by atoms with Crippen LogP contribution in [0.2, 0.25) is 5.15 Å². The van der Waals surface area contributed by atoms with Crippen molar-refractivity contribution < 1.29 is 35.7 Å². The predicted octanol–water partition coefficient (Wildman–Crippen LogP) is 4.92. The number of rotatable bonds is 4. The standard InChI is InChI=1S/C21H14N4O2.C15H9ClN4O.ClH.Na.H/c26-21-16-11-17(24-20(16)22-12-23-21)15-8-4-5-13-9-10-18(25-19(13)15)27-14-6-2-1-3-7-14;16-12-5-4-8-2-1-3-9(13(8)20-12)11-6-10-14(19-11)17-7-18-15(10)21;;;/h1-12H,(H2,22,23,24,26);1-7H,(H2,17,18,19,21);1H;;/q;;;+1;-1. The van der Waals surface area contributed by atoms with Crippen LogP contribution < -0.4 is 45.4 Å². The molecule has 50 heavy (non-hydrogen) atoms. The van der Waals surface area contributed by atoms with Crippen molar-refractivity contribution >= 4 is 67.9 Å². The normalized spacial score (nSPS) is 10.7. The van der Waals surface area contributed by atoms with Crippen molar-refractivity contribution in [1.29, 1.82) is 0 Å². The van der Waals surface area contributed by atoms with E-state index in [4.69, 9.17) is 21.3 Å². The molecule has 0 saturated heterocycles. The summed E-state index contributed by atoms with van der Waals surface area (Å²) in [7, 11) is 0. The van der Waals surface area contributed by atoms with Gasteiger partial charge in [-0.25, -0.2) is 19.9 Å². The first-order chi connectivity index (χ1) is 23.5. The smallest absolute Gasteiger partial charge is 1.00 e. The first-order valence-corrected chi connectivity index (χ1v) is 15.2. The molecule has 0 aliphatic rings. The first kappa shape index (κ1) is 34.6. The maximum absolute atomic E-state index is 12.0. The van der Waals surface area contributed by atoms with E-state index in [1.807, 2.05) is 84.9 Å². The molecule has 3 aromatic carbocycles. The third-order valence-electron chi connectivity index (χ3n) is 7.79. The number of hydrogen-bond acceptors (Lipinski definition) is 7. The van der Waals surface area contributed by atoms with E-state index < -0.39 is 0 Å².